The van der Waals surface area contributed by atoms with Crippen LogP contribution in [-0.2, 0) is 6.54 Å². The van der Waals surface area contributed by atoms with Crippen LogP contribution in [0.15, 0.2) is 39.2 Å². The topological polar surface area (TPSA) is 48.4 Å². The van der Waals surface area contributed by atoms with Crippen LogP contribution in [0, 0.1) is 0 Å². The van der Waals surface area contributed by atoms with E-state index in [1.54, 1.807) is 7.11 Å². The van der Waals surface area contributed by atoms with Crippen molar-refractivity contribution >= 4 is 15.9 Å². The summed E-state index contributed by atoms with van der Waals surface area (Å²) in [6.07, 6.45) is 0. The lowest BCUT2D eigenvalue weighted by Crippen LogP contribution is -1.92. The van der Waals surface area contributed by atoms with E-state index in [4.69, 9.17) is 14.9 Å². The van der Waals surface area contributed by atoms with E-state index in [0.29, 0.717) is 6.54 Å². The molecule has 0 amide bonds. The summed E-state index contributed by atoms with van der Waals surface area (Å²) in [6, 6.07) is 9.52. The summed E-state index contributed by atoms with van der Waals surface area (Å²) < 4.78 is 11.7. The summed E-state index contributed by atoms with van der Waals surface area (Å²) >= 11 is 3.48. The van der Waals surface area contributed by atoms with Gasteiger partial charge in [0.25, 0.3) is 0 Å². The molecular formula is C12H12BrNO2. The molecule has 0 aliphatic rings. The van der Waals surface area contributed by atoms with E-state index in [-0.39, 0.29) is 0 Å². The number of rotatable bonds is 3. The molecule has 0 saturated carbocycles. The lowest BCUT2D eigenvalue weighted by Gasteiger charge is -2.04. The van der Waals surface area contributed by atoms with Gasteiger partial charge in [-0.25, -0.2) is 0 Å². The van der Waals surface area contributed by atoms with E-state index in [2.05, 4.69) is 15.9 Å². The van der Waals surface area contributed by atoms with Crippen molar-refractivity contribution in [2.75, 3.05) is 7.11 Å². The molecule has 1 heterocycles. The van der Waals surface area contributed by atoms with E-state index >= 15 is 0 Å². The van der Waals surface area contributed by atoms with Gasteiger partial charge in [-0.2, -0.15) is 0 Å². The van der Waals surface area contributed by atoms with E-state index in [1.165, 1.54) is 0 Å². The quantitative estimate of drug-likeness (QED) is 0.940. The van der Waals surface area contributed by atoms with Crippen molar-refractivity contribution < 1.29 is 9.15 Å². The molecule has 1 aromatic carbocycles. The maximum absolute atomic E-state index is 5.59. The fourth-order valence-electron chi connectivity index (χ4n) is 1.45. The summed E-state index contributed by atoms with van der Waals surface area (Å²) in [5.41, 5.74) is 6.46. The van der Waals surface area contributed by atoms with Gasteiger partial charge in [0, 0.05) is 10.0 Å². The first-order chi connectivity index (χ1) is 7.74. The van der Waals surface area contributed by atoms with Crippen LogP contribution in [0.3, 0.4) is 0 Å². The zero-order valence-corrected chi connectivity index (χ0v) is 10.5. The summed E-state index contributed by atoms with van der Waals surface area (Å²) in [7, 11) is 1.64. The molecule has 3 nitrogen and oxygen atoms in total. The van der Waals surface area contributed by atoms with E-state index < -0.39 is 0 Å². The molecule has 2 aromatic rings. The van der Waals surface area contributed by atoms with Crippen LogP contribution in [0.2, 0.25) is 0 Å². The van der Waals surface area contributed by atoms with Gasteiger partial charge in [-0.3, -0.25) is 0 Å². The highest BCUT2D eigenvalue weighted by molar-refractivity contribution is 9.10. The van der Waals surface area contributed by atoms with Gasteiger partial charge in [-0.1, -0.05) is 15.9 Å². The number of hydrogen-bond acceptors (Lipinski definition) is 3. The molecular weight excluding hydrogens is 270 g/mol. The number of furan rings is 1. The Kier molecular flexibility index (Phi) is 3.31. The molecule has 0 radical (unpaired) electrons. The molecule has 0 spiro atoms. The number of methoxy groups -OCH3 is 1. The Morgan fingerprint density at radius 3 is 2.75 bits per heavy atom. The van der Waals surface area contributed by atoms with Crippen molar-refractivity contribution in [2.24, 2.45) is 5.73 Å². The summed E-state index contributed by atoms with van der Waals surface area (Å²) in [6.45, 7) is 0.404. The van der Waals surface area contributed by atoms with Gasteiger partial charge >= 0.3 is 0 Å². The third kappa shape index (κ3) is 2.13. The van der Waals surface area contributed by atoms with Crippen molar-refractivity contribution in [3.05, 3.63) is 40.6 Å². The Bertz CT molecular complexity index is 494. The standard InChI is InChI=1S/C12H12BrNO2/c1-15-8-2-4-11(13)10(6-8)12-5-3-9(7-14)16-12/h2-6H,7,14H2,1H3. The lowest BCUT2D eigenvalue weighted by atomic mass is 10.1. The molecule has 0 atom stereocenters. The second-order valence-corrected chi connectivity index (χ2v) is 4.17. The summed E-state index contributed by atoms with van der Waals surface area (Å²) in [5.74, 6) is 2.35. The van der Waals surface area contributed by atoms with Crippen LogP contribution >= 0.6 is 15.9 Å². The molecule has 0 aliphatic heterocycles. The predicted octanol–water partition coefficient (Wildman–Crippen LogP) is 3.18. The molecule has 0 aliphatic carbocycles. The minimum absolute atomic E-state index is 0.404. The maximum atomic E-state index is 5.59. The van der Waals surface area contributed by atoms with Crippen molar-refractivity contribution in [1.82, 2.24) is 0 Å². The second-order valence-electron chi connectivity index (χ2n) is 3.32. The van der Waals surface area contributed by atoms with Crippen LogP contribution in [0.5, 0.6) is 5.75 Å². The Morgan fingerprint density at radius 2 is 2.12 bits per heavy atom. The van der Waals surface area contributed by atoms with Crippen molar-refractivity contribution in [3.63, 3.8) is 0 Å². The number of hydrogen-bond donors (Lipinski definition) is 1. The normalized spacial score (nSPS) is 10.4. The largest absolute Gasteiger partial charge is 0.497 e. The Balaban J connectivity index is 2.45. The number of nitrogens with two attached hydrogens (primary N) is 1. The first-order valence-electron chi connectivity index (χ1n) is 4.87. The fourth-order valence-corrected chi connectivity index (χ4v) is 1.89. The number of benzene rings is 1. The Morgan fingerprint density at radius 1 is 1.31 bits per heavy atom. The second kappa shape index (κ2) is 4.72. The molecule has 16 heavy (non-hydrogen) atoms. The Hall–Kier alpha value is -1.26. The van der Waals surface area contributed by atoms with E-state index in [9.17, 15) is 0 Å². The van der Waals surface area contributed by atoms with E-state index in [0.717, 1.165) is 27.3 Å². The van der Waals surface area contributed by atoms with Gasteiger partial charge in [-0.15, -0.1) is 0 Å². The Labute approximate surface area is 102 Å². The first-order valence-corrected chi connectivity index (χ1v) is 5.66. The highest BCUT2D eigenvalue weighted by Crippen LogP contribution is 2.32. The summed E-state index contributed by atoms with van der Waals surface area (Å²) in [4.78, 5) is 0. The monoisotopic (exact) mass is 281 g/mol. The van der Waals surface area contributed by atoms with Crippen molar-refractivity contribution in [3.8, 4) is 17.1 Å². The fraction of sp³-hybridized carbons (Fsp3) is 0.167. The smallest absolute Gasteiger partial charge is 0.135 e. The molecule has 4 heteroatoms. The molecule has 0 saturated heterocycles. The van der Waals surface area contributed by atoms with Crippen LogP contribution in [-0.4, -0.2) is 7.11 Å². The summed E-state index contributed by atoms with van der Waals surface area (Å²) in [5, 5.41) is 0. The third-order valence-electron chi connectivity index (χ3n) is 2.30. The van der Waals surface area contributed by atoms with Crippen LogP contribution < -0.4 is 10.5 Å². The maximum Gasteiger partial charge on any atom is 0.135 e. The van der Waals surface area contributed by atoms with Gasteiger partial charge < -0.3 is 14.9 Å². The molecule has 0 bridgehead atoms. The zero-order chi connectivity index (χ0) is 11.5. The minimum Gasteiger partial charge on any atom is -0.497 e. The van der Waals surface area contributed by atoms with Crippen LogP contribution in [0.4, 0.5) is 0 Å². The average Bonchev–Trinajstić information content (AvgIpc) is 2.78. The first kappa shape index (κ1) is 11.2. The molecule has 0 unspecified atom stereocenters. The van der Waals surface area contributed by atoms with Crippen LogP contribution in [0.1, 0.15) is 5.76 Å². The molecule has 84 valence electrons. The zero-order valence-electron chi connectivity index (χ0n) is 8.87. The molecule has 2 N–H and O–H groups in total. The molecule has 0 fully saturated rings. The number of ether oxygens (including phenoxy) is 1. The van der Waals surface area contributed by atoms with Gasteiger partial charge in [-0.05, 0) is 30.3 Å². The predicted molar refractivity (Wildman–Crippen MR) is 66.3 cm³/mol. The van der Waals surface area contributed by atoms with Crippen molar-refractivity contribution in [2.45, 2.75) is 6.54 Å². The van der Waals surface area contributed by atoms with Gasteiger partial charge in [0.15, 0.2) is 0 Å². The highest BCUT2D eigenvalue weighted by atomic mass is 79.9. The minimum atomic E-state index is 0.404. The highest BCUT2D eigenvalue weighted by Gasteiger charge is 2.09. The SMILES string of the molecule is COc1ccc(Br)c(-c2ccc(CN)o2)c1. The third-order valence-corrected chi connectivity index (χ3v) is 2.99. The van der Waals surface area contributed by atoms with Gasteiger partial charge in [0.1, 0.15) is 17.3 Å². The van der Waals surface area contributed by atoms with Crippen molar-refractivity contribution in [1.29, 1.82) is 0 Å². The van der Waals surface area contributed by atoms with E-state index in [1.807, 2.05) is 30.3 Å². The number of halogens is 1. The average molecular weight is 282 g/mol. The lowest BCUT2D eigenvalue weighted by molar-refractivity contribution is 0.414. The molecule has 1 aromatic heterocycles. The molecule has 2 rings (SSSR count). The van der Waals surface area contributed by atoms with Gasteiger partial charge in [0.2, 0.25) is 0 Å². The van der Waals surface area contributed by atoms with Gasteiger partial charge in [0.05, 0.1) is 13.7 Å². The van der Waals surface area contributed by atoms with Crippen LogP contribution in [0.25, 0.3) is 11.3 Å².